The van der Waals surface area contributed by atoms with E-state index in [-0.39, 0.29) is 6.04 Å². The molecule has 0 amide bonds. The lowest BCUT2D eigenvalue weighted by molar-refractivity contribution is 0.371. The van der Waals surface area contributed by atoms with Crippen LogP contribution in [-0.2, 0) is 0 Å². The number of anilines is 1. The molecule has 0 aliphatic rings. The number of hydrogen-bond acceptors (Lipinski definition) is 4. The summed E-state index contributed by atoms with van der Waals surface area (Å²) in [5.41, 5.74) is 7.03. The molecule has 1 aromatic carbocycles. The number of rotatable bonds is 5. The second-order valence-electron chi connectivity index (χ2n) is 5.41. The van der Waals surface area contributed by atoms with Crippen LogP contribution in [0.25, 0.3) is 11.4 Å². The molecule has 1 aromatic heterocycles. The van der Waals surface area contributed by atoms with E-state index in [0.29, 0.717) is 33.0 Å². The van der Waals surface area contributed by atoms with E-state index >= 15 is 0 Å². The number of benzene rings is 1. The molecule has 114 valence electrons. The van der Waals surface area contributed by atoms with Gasteiger partial charge in [0.05, 0.1) is 16.1 Å². The largest absolute Gasteiger partial charge is 0.399 e. The molecular formula is C14H19Cl2N5. The van der Waals surface area contributed by atoms with Crippen molar-refractivity contribution in [3.63, 3.8) is 0 Å². The van der Waals surface area contributed by atoms with Gasteiger partial charge in [0, 0.05) is 11.3 Å². The van der Waals surface area contributed by atoms with Crippen molar-refractivity contribution in [2.75, 3.05) is 5.73 Å². The van der Waals surface area contributed by atoms with E-state index in [9.17, 15) is 0 Å². The molecule has 0 bridgehead atoms. The Hall–Kier alpha value is -1.33. The van der Waals surface area contributed by atoms with Crippen molar-refractivity contribution in [2.24, 2.45) is 5.92 Å². The van der Waals surface area contributed by atoms with Crippen LogP contribution in [0.15, 0.2) is 12.1 Å². The van der Waals surface area contributed by atoms with E-state index in [1.807, 2.05) is 0 Å². The fourth-order valence-electron chi connectivity index (χ4n) is 2.29. The van der Waals surface area contributed by atoms with Crippen LogP contribution in [0.2, 0.25) is 10.0 Å². The summed E-state index contributed by atoms with van der Waals surface area (Å²) in [7, 11) is 0. The molecule has 2 rings (SSSR count). The first kappa shape index (κ1) is 16.0. The molecule has 5 nitrogen and oxygen atoms in total. The van der Waals surface area contributed by atoms with E-state index in [1.54, 1.807) is 16.8 Å². The molecule has 7 heteroatoms. The summed E-state index contributed by atoms with van der Waals surface area (Å²) < 4.78 is 1.78. The molecule has 2 unspecified atom stereocenters. The maximum atomic E-state index is 6.27. The minimum Gasteiger partial charge on any atom is -0.399 e. The van der Waals surface area contributed by atoms with E-state index in [2.05, 4.69) is 36.3 Å². The van der Waals surface area contributed by atoms with Gasteiger partial charge in [-0.3, -0.25) is 0 Å². The molecular weight excluding hydrogens is 309 g/mol. The highest BCUT2D eigenvalue weighted by molar-refractivity contribution is 6.43. The second kappa shape index (κ2) is 6.62. The first-order valence-electron chi connectivity index (χ1n) is 6.96. The molecule has 0 saturated carbocycles. The van der Waals surface area contributed by atoms with Gasteiger partial charge in [0.2, 0.25) is 0 Å². The minimum atomic E-state index is 0.168. The number of nitrogens with zero attached hydrogens (tertiary/aromatic N) is 4. The summed E-state index contributed by atoms with van der Waals surface area (Å²) >= 11 is 12.4. The number of aromatic nitrogens is 4. The van der Waals surface area contributed by atoms with Crippen LogP contribution in [0.4, 0.5) is 5.69 Å². The molecule has 0 spiro atoms. The molecule has 2 aromatic rings. The summed E-state index contributed by atoms with van der Waals surface area (Å²) in [5, 5.41) is 12.8. The lowest BCUT2D eigenvalue weighted by Crippen LogP contribution is -2.12. The van der Waals surface area contributed by atoms with Crippen LogP contribution in [-0.4, -0.2) is 20.2 Å². The molecule has 0 radical (unpaired) electrons. The Labute approximate surface area is 134 Å². The predicted octanol–water partition coefficient (Wildman–Crippen LogP) is 4.23. The maximum absolute atomic E-state index is 6.27. The van der Waals surface area contributed by atoms with Crippen molar-refractivity contribution in [3.8, 4) is 11.4 Å². The van der Waals surface area contributed by atoms with E-state index < -0.39 is 0 Å². The number of tetrazole rings is 1. The minimum absolute atomic E-state index is 0.168. The molecule has 0 aliphatic heterocycles. The monoisotopic (exact) mass is 327 g/mol. The van der Waals surface area contributed by atoms with Crippen molar-refractivity contribution in [1.82, 2.24) is 20.2 Å². The van der Waals surface area contributed by atoms with E-state index in [4.69, 9.17) is 28.9 Å². The zero-order valence-corrected chi connectivity index (χ0v) is 13.9. The van der Waals surface area contributed by atoms with Crippen LogP contribution in [0.5, 0.6) is 0 Å². The second-order valence-corrected chi connectivity index (χ2v) is 6.19. The van der Waals surface area contributed by atoms with Crippen LogP contribution >= 0.6 is 23.2 Å². The Morgan fingerprint density at radius 2 is 2.00 bits per heavy atom. The van der Waals surface area contributed by atoms with Crippen LogP contribution < -0.4 is 5.73 Å². The third-order valence-corrected chi connectivity index (χ3v) is 4.44. The smallest absolute Gasteiger partial charge is 0.183 e. The molecule has 2 atom stereocenters. The summed E-state index contributed by atoms with van der Waals surface area (Å²) in [4.78, 5) is 0. The fraction of sp³-hybridized carbons (Fsp3) is 0.500. The van der Waals surface area contributed by atoms with Crippen LogP contribution in [0, 0.1) is 5.92 Å². The van der Waals surface area contributed by atoms with E-state index in [0.717, 1.165) is 12.8 Å². The number of halogens is 2. The molecule has 0 saturated heterocycles. The van der Waals surface area contributed by atoms with Crippen molar-refractivity contribution >= 4 is 28.9 Å². The van der Waals surface area contributed by atoms with Gasteiger partial charge in [-0.1, -0.05) is 43.5 Å². The third kappa shape index (κ3) is 3.47. The maximum Gasteiger partial charge on any atom is 0.183 e. The summed E-state index contributed by atoms with van der Waals surface area (Å²) in [6.07, 6.45) is 2.11. The zero-order chi connectivity index (χ0) is 15.6. The summed E-state index contributed by atoms with van der Waals surface area (Å²) in [6.45, 7) is 6.48. The van der Waals surface area contributed by atoms with Gasteiger partial charge in [0.15, 0.2) is 5.82 Å². The molecule has 2 N–H and O–H groups in total. The number of nitrogen functional groups attached to an aromatic ring is 1. The summed E-state index contributed by atoms with van der Waals surface area (Å²) in [5.74, 6) is 1.18. The van der Waals surface area contributed by atoms with Gasteiger partial charge in [-0.2, -0.15) is 0 Å². The lowest BCUT2D eigenvalue weighted by Gasteiger charge is -2.17. The highest BCUT2D eigenvalue weighted by Crippen LogP contribution is 2.35. The zero-order valence-electron chi connectivity index (χ0n) is 12.3. The molecule has 1 heterocycles. The standard InChI is InChI=1S/C14H19Cl2N5/c1-4-8(2)5-9(3)21-14(18-19-20-21)11-6-10(17)7-12(15)13(11)16/h6-9H,4-5,17H2,1-3H3. The lowest BCUT2D eigenvalue weighted by atomic mass is 10.0. The molecule has 21 heavy (non-hydrogen) atoms. The predicted molar refractivity (Wildman–Crippen MR) is 86.5 cm³/mol. The quantitative estimate of drug-likeness (QED) is 0.834. The fourth-order valence-corrected chi connectivity index (χ4v) is 2.71. The summed E-state index contributed by atoms with van der Waals surface area (Å²) in [6, 6.07) is 3.53. The van der Waals surface area contributed by atoms with Crippen molar-refractivity contribution in [1.29, 1.82) is 0 Å². The molecule has 0 aliphatic carbocycles. The van der Waals surface area contributed by atoms with Gasteiger partial charge in [0.1, 0.15) is 0 Å². The average Bonchev–Trinajstić information content (AvgIpc) is 2.91. The SMILES string of the molecule is CCC(C)CC(C)n1nnnc1-c1cc(N)cc(Cl)c1Cl. The van der Waals surface area contributed by atoms with Gasteiger partial charge in [-0.15, -0.1) is 5.10 Å². The van der Waals surface area contributed by atoms with Gasteiger partial charge >= 0.3 is 0 Å². The Bertz CT molecular complexity index is 626. The Morgan fingerprint density at radius 1 is 1.29 bits per heavy atom. The Morgan fingerprint density at radius 3 is 2.67 bits per heavy atom. The first-order valence-corrected chi connectivity index (χ1v) is 7.72. The van der Waals surface area contributed by atoms with Gasteiger partial charge in [-0.25, -0.2) is 4.68 Å². The third-order valence-electron chi connectivity index (χ3n) is 3.64. The van der Waals surface area contributed by atoms with E-state index in [1.165, 1.54) is 0 Å². The number of hydrogen-bond donors (Lipinski definition) is 1. The van der Waals surface area contributed by atoms with Gasteiger partial charge < -0.3 is 5.73 Å². The highest BCUT2D eigenvalue weighted by atomic mass is 35.5. The first-order chi connectivity index (χ1) is 9.93. The van der Waals surface area contributed by atoms with Crippen molar-refractivity contribution in [3.05, 3.63) is 22.2 Å². The van der Waals surface area contributed by atoms with Crippen LogP contribution in [0.3, 0.4) is 0 Å². The van der Waals surface area contributed by atoms with Crippen molar-refractivity contribution < 1.29 is 0 Å². The Kier molecular flexibility index (Phi) is 5.06. The van der Waals surface area contributed by atoms with Crippen LogP contribution in [0.1, 0.15) is 39.7 Å². The highest BCUT2D eigenvalue weighted by Gasteiger charge is 2.20. The van der Waals surface area contributed by atoms with Crippen molar-refractivity contribution in [2.45, 2.75) is 39.7 Å². The Balaban J connectivity index is 2.41. The number of nitrogens with two attached hydrogens (primary N) is 1. The van der Waals surface area contributed by atoms with Gasteiger partial charge in [-0.05, 0) is 41.8 Å². The van der Waals surface area contributed by atoms with Gasteiger partial charge in [0.25, 0.3) is 0 Å². The topological polar surface area (TPSA) is 69.6 Å². The molecule has 0 fully saturated rings. The average molecular weight is 328 g/mol. The normalized spacial score (nSPS) is 14.1.